The number of methoxy groups -OCH3 is 1. The highest BCUT2D eigenvalue weighted by Crippen LogP contribution is 2.20. The van der Waals surface area contributed by atoms with Crippen molar-refractivity contribution < 1.29 is 14.3 Å². The lowest BCUT2D eigenvalue weighted by Crippen LogP contribution is -2.42. The normalized spacial score (nSPS) is 13.0. The van der Waals surface area contributed by atoms with Crippen molar-refractivity contribution in [3.8, 4) is 5.75 Å². The molecule has 1 N–H and O–H groups in total. The molecule has 0 radical (unpaired) electrons. The molecule has 6 heteroatoms. The number of hydrogen-bond acceptors (Lipinski definition) is 3. The number of benzene rings is 2. The van der Waals surface area contributed by atoms with Crippen LogP contribution in [-0.2, 0) is 17.8 Å². The standard InChI is InChI=1S/C24H31N3O3/c1-18(2)16-27(24(29)25-21-9-6-10-22(15-21)30-3)14-12-23(28)26-13-11-19-7-4-5-8-20(19)17-26/h4-10,15,18H,11-14,16-17H2,1-3H3,(H,25,29). The first kappa shape index (κ1) is 21.7. The van der Waals surface area contributed by atoms with Crippen LogP contribution in [0.5, 0.6) is 5.75 Å². The Morgan fingerprint density at radius 2 is 1.90 bits per heavy atom. The van der Waals surface area contributed by atoms with Crippen LogP contribution in [-0.4, -0.2) is 48.5 Å². The number of urea groups is 1. The van der Waals surface area contributed by atoms with E-state index in [1.165, 1.54) is 11.1 Å². The number of carbonyl (C=O) groups is 2. The maximum atomic E-state index is 12.8. The number of nitrogens with zero attached hydrogens (tertiary/aromatic N) is 2. The van der Waals surface area contributed by atoms with Crippen LogP contribution in [0, 0.1) is 5.92 Å². The summed E-state index contributed by atoms with van der Waals surface area (Å²) in [4.78, 5) is 29.3. The smallest absolute Gasteiger partial charge is 0.321 e. The number of rotatable bonds is 7. The van der Waals surface area contributed by atoms with Crippen molar-refractivity contribution in [3.05, 3.63) is 59.7 Å². The zero-order valence-electron chi connectivity index (χ0n) is 18.1. The van der Waals surface area contributed by atoms with E-state index in [2.05, 4.69) is 31.3 Å². The van der Waals surface area contributed by atoms with Crippen LogP contribution in [0.4, 0.5) is 10.5 Å². The number of fused-ring (bicyclic) bond motifs is 1. The molecule has 160 valence electrons. The molecule has 3 rings (SSSR count). The van der Waals surface area contributed by atoms with Gasteiger partial charge < -0.3 is 19.9 Å². The van der Waals surface area contributed by atoms with Crippen LogP contribution in [0.3, 0.4) is 0 Å². The van der Waals surface area contributed by atoms with Gasteiger partial charge in [0.25, 0.3) is 0 Å². The molecule has 1 aliphatic heterocycles. The summed E-state index contributed by atoms with van der Waals surface area (Å²) in [6.45, 7) is 6.49. The molecule has 0 atom stereocenters. The summed E-state index contributed by atoms with van der Waals surface area (Å²) in [6, 6.07) is 15.3. The Balaban J connectivity index is 1.59. The second-order valence-electron chi connectivity index (χ2n) is 8.09. The van der Waals surface area contributed by atoms with E-state index in [0.29, 0.717) is 43.4 Å². The molecular weight excluding hydrogens is 378 g/mol. The van der Waals surface area contributed by atoms with Crippen molar-refractivity contribution in [1.29, 1.82) is 0 Å². The van der Waals surface area contributed by atoms with Crippen LogP contribution in [0.15, 0.2) is 48.5 Å². The Labute approximate surface area is 178 Å². The van der Waals surface area contributed by atoms with E-state index in [1.807, 2.05) is 35.2 Å². The number of carbonyl (C=O) groups excluding carboxylic acids is 2. The average molecular weight is 410 g/mol. The Bertz CT molecular complexity index is 882. The molecule has 30 heavy (non-hydrogen) atoms. The lowest BCUT2D eigenvalue weighted by atomic mass is 10.00. The van der Waals surface area contributed by atoms with Crippen molar-refractivity contribution in [1.82, 2.24) is 9.80 Å². The van der Waals surface area contributed by atoms with Gasteiger partial charge in [-0.2, -0.15) is 0 Å². The van der Waals surface area contributed by atoms with Crippen molar-refractivity contribution in [3.63, 3.8) is 0 Å². The minimum absolute atomic E-state index is 0.0902. The summed E-state index contributed by atoms with van der Waals surface area (Å²) in [5, 5.41) is 2.92. The maximum absolute atomic E-state index is 12.8. The molecule has 2 aromatic carbocycles. The molecule has 0 unspecified atom stereocenters. The zero-order valence-corrected chi connectivity index (χ0v) is 18.1. The molecule has 6 nitrogen and oxygen atoms in total. The Kier molecular flexibility index (Phi) is 7.33. The van der Waals surface area contributed by atoms with Crippen LogP contribution < -0.4 is 10.1 Å². The number of ether oxygens (including phenoxy) is 1. The summed E-state index contributed by atoms with van der Waals surface area (Å²) in [7, 11) is 1.59. The Morgan fingerprint density at radius 1 is 1.13 bits per heavy atom. The van der Waals surface area contributed by atoms with E-state index in [1.54, 1.807) is 18.1 Å². The van der Waals surface area contributed by atoms with Gasteiger partial charge in [0.15, 0.2) is 0 Å². The van der Waals surface area contributed by atoms with Gasteiger partial charge in [0.05, 0.1) is 7.11 Å². The molecule has 0 saturated heterocycles. The minimum Gasteiger partial charge on any atom is -0.497 e. The minimum atomic E-state index is -0.200. The highest BCUT2D eigenvalue weighted by molar-refractivity contribution is 5.90. The van der Waals surface area contributed by atoms with Crippen molar-refractivity contribution in [2.24, 2.45) is 5.92 Å². The first-order valence-electron chi connectivity index (χ1n) is 10.5. The van der Waals surface area contributed by atoms with Crippen LogP contribution in [0.25, 0.3) is 0 Å². The van der Waals surface area contributed by atoms with E-state index in [4.69, 9.17) is 4.74 Å². The SMILES string of the molecule is COc1cccc(NC(=O)N(CCC(=O)N2CCc3ccccc3C2)CC(C)C)c1. The molecular formula is C24H31N3O3. The number of anilines is 1. The molecule has 0 spiro atoms. The number of nitrogens with one attached hydrogen (secondary N) is 1. The fourth-order valence-electron chi connectivity index (χ4n) is 3.72. The van der Waals surface area contributed by atoms with Gasteiger partial charge in [0, 0.05) is 44.4 Å². The molecule has 0 bridgehead atoms. The van der Waals surface area contributed by atoms with Crippen molar-refractivity contribution in [2.75, 3.05) is 32.1 Å². The van der Waals surface area contributed by atoms with E-state index in [9.17, 15) is 9.59 Å². The molecule has 1 aliphatic rings. The van der Waals surface area contributed by atoms with E-state index >= 15 is 0 Å². The van der Waals surface area contributed by atoms with Crippen LogP contribution in [0.1, 0.15) is 31.4 Å². The van der Waals surface area contributed by atoms with E-state index in [-0.39, 0.29) is 11.9 Å². The second-order valence-corrected chi connectivity index (χ2v) is 8.09. The molecule has 2 aromatic rings. The van der Waals surface area contributed by atoms with Gasteiger partial charge in [-0.05, 0) is 35.6 Å². The lowest BCUT2D eigenvalue weighted by Gasteiger charge is -2.30. The van der Waals surface area contributed by atoms with Crippen molar-refractivity contribution in [2.45, 2.75) is 33.2 Å². The quantitative estimate of drug-likeness (QED) is 0.747. The highest BCUT2D eigenvalue weighted by Gasteiger charge is 2.22. The van der Waals surface area contributed by atoms with Gasteiger partial charge in [-0.15, -0.1) is 0 Å². The van der Waals surface area contributed by atoms with E-state index < -0.39 is 0 Å². The molecule has 0 aromatic heterocycles. The summed E-state index contributed by atoms with van der Waals surface area (Å²) in [5.74, 6) is 1.08. The lowest BCUT2D eigenvalue weighted by molar-refractivity contribution is -0.132. The van der Waals surface area contributed by atoms with Gasteiger partial charge in [0.1, 0.15) is 5.75 Å². The van der Waals surface area contributed by atoms with E-state index in [0.717, 1.165) is 13.0 Å². The summed E-state index contributed by atoms with van der Waals surface area (Å²) in [6.07, 6.45) is 1.20. The number of amides is 3. The largest absolute Gasteiger partial charge is 0.497 e. The maximum Gasteiger partial charge on any atom is 0.321 e. The topological polar surface area (TPSA) is 61.9 Å². The van der Waals surface area contributed by atoms with Crippen molar-refractivity contribution >= 4 is 17.6 Å². The third-order valence-corrected chi connectivity index (χ3v) is 5.27. The first-order chi connectivity index (χ1) is 14.5. The predicted octanol–water partition coefficient (Wildman–Crippen LogP) is 4.16. The summed E-state index contributed by atoms with van der Waals surface area (Å²) < 4.78 is 5.22. The average Bonchev–Trinajstić information content (AvgIpc) is 2.75. The summed E-state index contributed by atoms with van der Waals surface area (Å²) >= 11 is 0. The molecule has 0 fully saturated rings. The molecule has 1 heterocycles. The Hall–Kier alpha value is -3.02. The van der Waals surface area contributed by atoms with Crippen LogP contribution >= 0.6 is 0 Å². The third-order valence-electron chi connectivity index (χ3n) is 5.27. The van der Waals surface area contributed by atoms with Crippen LogP contribution in [0.2, 0.25) is 0 Å². The van der Waals surface area contributed by atoms with Gasteiger partial charge in [-0.25, -0.2) is 4.79 Å². The third kappa shape index (κ3) is 5.75. The van der Waals surface area contributed by atoms with Gasteiger partial charge in [-0.3, -0.25) is 4.79 Å². The molecule has 0 aliphatic carbocycles. The van der Waals surface area contributed by atoms with Gasteiger partial charge >= 0.3 is 6.03 Å². The summed E-state index contributed by atoms with van der Waals surface area (Å²) in [5.41, 5.74) is 3.21. The van der Waals surface area contributed by atoms with Gasteiger partial charge in [0.2, 0.25) is 5.91 Å². The Morgan fingerprint density at radius 3 is 2.63 bits per heavy atom. The first-order valence-corrected chi connectivity index (χ1v) is 10.5. The molecule has 0 saturated carbocycles. The molecule has 3 amide bonds. The second kappa shape index (κ2) is 10.1. The van der Waals surface area contributed by atoms with Gasteiger partial charge in [-0.1, -0.05) is 44.2 Å². The predicted molar refractivity (Wildman–Crippen MR) is 119 cm³/mol. The fraction of sp³-hybridized carbons (Fsp3) is 0.417. The fourth-order valence-corrected chi connectivity index (χ4v) is 3.72. The monoisotopic (exact) mass is 409 g/mol. The number of hydrogen-bond donors (Lipinski definition) is 1. The highest BCUT2D eigenvalue weighted by atomic mass is 16.5. The zero-order chi connectivity index (χ0) is 21.5.